The summed E-state index contributed by atoms with van der Waals surface area (Å²) in [5.74, 6) is 0.122. The van der Waals surface area contributed by atoms with Crippen LogP contribution in [0.2, 0.25) is 0 Å². The fraction of sp³-hybridized carbons (Fsp3) is 0.517. The van der Waals surface area contributed by atoms with Gasteiger partial charge >= 0.3 is 0 Å². The molecule has 1 aromatic heterocycles. The standard InChI is InChI=1S/C29H40N6O4/c1-5-29(3,4)30-28(37)27(22-11-7-10-14-25(22)39-6-2)34(16-15-33-17-19-38-20-18-33)26(36)21-35-24-13-9-8-12-23(24)31-32-35/h7-14,27H,5-6,15-21H2,1-4H3,(H,30,37). The molecule has 0 spiro atoms. The molecule has 0 saturated carbocycles. The highest BCUT2D eigenvalue weighted by Crippen LogP contribution is 2.31. The summed E-state index contributed by atoms with van der Waals surface area (Å²) in [6, 6.07) is 14.1. The molecule has 10 heteroatoms. The number of rotatable bonds is 12. The first-order valence-electron chi connectivity index (χ1n) is 13.7. The molecule has 210 valence electrons. The van der Waals surface area contributed by atoms with Crippen LogP contribution in [0.25, 0.3) is 11.0 Å². The van der Waals surface area contributed by atoms with Crippen LogP contribution in [0.5, 0.6) is 5.75 Å². The highest BCUT2D eigenvalue weighted by Gasteiger charge is 2.36. The van der Waals surface area contributed by atoms with E-state index in [1.807, 2.05) is 76.2 Å². The summed E-state index contributed by atoms with van der Waals surface area (Å²) in [6.45, 7) is 12.2. The van der Waals surface area contributed by atoms with E-state index in [1.165, 1.54) is 0 Å². The van der Waals surface area contributed by atoms with E-state index < -0.39 is 11.6 Å². The van der Waals surface area contributed by atoms with E-state index in [9.17, 15) is 9.59 Å². The molecule has 1 atom stereocenters. The maximum absolute atomic E-state index is 14.1. The molecule has 0 aliphatic carbocycles. The molecule has 2 amide bonds. The van der Waals surface area contributed by atoms with Crippen molar-refractivity contribution in [2.24, 2.45) is 0 Å². The Hall–Kier alpha value is -3.50. The number of hydrogen-bond acceptors (Lipinski definition) is 7. The summed E-state index contributed by atoms with van der Waals surface area (Å²) in [6.07, 6.45) is 0.741. The molecule has 1 fully saturated rings. The highest BCUT2D eigenvalue weighted by molar-refractivity contribution is 5.90. The SMILES string of the molecule is CCOc1ccccc1C(C(=O)NC(C)(C)CC)N(CCN1CCOCC1)C(=O)Cn1nnc2ccccc21. The smallest absolute Gasteiger partial charge is 0.248 e. The number of aromatic nitrogens is 3. The number of amides is 2. The molecule has 1 aliphatic rings. The van der Waals surface area contributed by atoms with E-state index in [0.29, 0.717) is 49.7 Å². The largest absolute Gasteiger partial charge is 0.494 e. The van der Waals surface area contributed by atoms with E-state index in [4.69, 9.17) is 9.47 Å². The summed E-state index contributed by atoms with van der Waals surface area (Å²) >= 11 is 0. The van der Waals surface area contributed by atoms with Gasteiger partial charge in [0.25, 0.3) is 0 Å². The fourth-order valence-corrected chi connectivity index (χ4v) is 4.66. The minimum atomic E-state index is -0.887. The van der Waals surface area contributed by atoms with Crippen molar-refractivity contribution in [2.45, 2.75) is 52.2 Å². The predicted octanol–water partition coefficient (Wildman–Crippen LogP) is 3.04. The van der Waals surface area contributed by atoms with Crippen molar-refractivity contribution in [1.29, 1.82) is 0 Å². The number of carbonyl (C=O) groups excluding carboxylic acids is 2. The number of nitrogens with zero attached hydrogens (tertiary/aromatic N) is 5. The minimum absolute atomic E-state index is 0.0403. The van der Waals surface area contributed by atoms with Crippen molar-refractivity contribution in [3.8, 4) is 5.75 Å². The van der Waals surface area contributed by atoms with Crippen LogP contribution in [-0.4, -0.2) is 88.1 Å². The first-order chi connectivity index (χ1) is 18.8. The molecule has 39 heavy (non-hydrogen) atoms. The monoisotopic (exact) mass is 536 g/mol. The zero-order valence-electron chi connectivity index (χ0n) is 23.4. The van der Waals surface area contributed by atoms with Gasteiger partial charge in [-0.05, 0) is 45.4 Å². The number of nitrogens with one attached hydrogen (secondary N) is 1. The van der Waals surface area contributed by atoms with Crippen molar-refractivity contribution in [3.05, 3.63) is 54.1 Å². The fourth-order valence-electron chi connectivity index (χ4n) is 4.66. The Morgan fingerprint density at radius 3 is 2.56 bits per heavy atom. The molecule has 1 unspecified atom stereocenters. The number of fused-ring (bicyclic) bond motifs is 1. The van der Waals surface area contributed by atoms with Gasteiger partial charge in [0.15, 0.2) is 0 Å². The summed E-state index contributed by atoms with van der Waals surface area (Å²) < 4.78 is 13.0. The van der Waals surface area contributed by atoms with Crippen LogP contribution < -0.4 is 10.1 Å². The van der Waals surface area contributed by atoms with E-state index >= 15 is 0 Å². The van der Waals surface area contributed by atoms with Gasteiger partial charge in [0.1, 0.15) is 23.9 Å². The van der Waals surface area contributed by atoms with Crippen molar-refractivity contribution in [3.63, 3.8) is 0 Å². The van der Waals surface area contributed by atoms with Crippen LogP contribution >= 0.6 is 0 Å². The van der Waals surface area contributed by atoms with Crippen LogP contribution in [0.3, 0.4) is 0 Å². The second-order valence-corrected chi connectivity index (χ2v) is 10.4. The number of ether oxygens (including phenoxy) is 2. The van der Waals surface area contributed by atoms with Gasteiger partial charge in [-0.15, -0.1) is 5.10 Å². The Bertz CT molecular complexity index is 1250. The number of carbonyl (C=O) groups is 2. The van der Waals surface area contributed by atoms with Crippen LogP contribution in [0, 0.1) is 0 Å². The maximum Gasteiger partial charge on any atom is 0.248 e. The summed E-state index contributed by atoms with van der Waals surface area (Å²) in [7, 11) is 0. The minimum Gasteiger partial charge on any atom is -0.494 e. The molecule has 1 aliphatic heterocycles. The Balaban J connectivity index is 1.73. The molecule has 2 heterocycles. The van der Waals surface area contributed by atoms with Crippen LogP contribution in [-0.2, 0) is 20.9 Å². The van der Waals surface area contributed by atoms with Gasteiger partial charge in [0, 0.05) is 37.3 Å². The lowest BCUT2D eigenvalue weighted by atomic mass is 9.98. The van der Waals surface area contributed by atoms with Crippen LogP contribution in [0.1, 0.15) is 45.7 Å². The van der Waals surface area contributed by atoms with E-state index in [2.05, 4.69) is 20.5 Å². The van der Waals surface area contributed by atoms with Gasteiger partial charge < -0.3 is 19.7 Å². The molecule has 2 aromatic carbocycles. The summed E-state index contributed by atoms with van der Waals surface area (Å²) in [5, 5.41) is 11.6. The highest BCUT2D eigenvalue weighted by atomic mass is 16.5. The van der Waals surface area contributed by atoms with Gasteiger partial charge in [-0.1, -0.05) is 42.5 Å². The molecule has 10 nitrogen and oxygen atoms in total. The third kappa shape index (κ3) is 7.13. The lowest BCUT2D eigenvalue weighted by Crippen LogP contribution is -2.52. The molecule has 0 bridgehead atoms. The van der Waals surface area contributed by atoms with Crippen LogP contribution in [0.4, 0.5) is 0 Å². The van der Waals surface area contributed by atoms with Crippen molar-refractivity contribution < 1.29 is 19.1 Å². The van der Waals surface area contributed by atoms with Crippen LogP contribution in [0.15, 0.2) is 48.5 Å². The average Bonchev–Trinajstić information content (AvgIpc) is 3.34. The lowest BCUT2D eigenvalue weighted by molar-refractivity contribution is -0.142. The second-order valence-electron chi connectivity index (χ2n) is 10.4. The number of morpholine rings is 1. The van der Waals surface area contributed by atoms with Gasteiger partial charge in [0.05, 0.1) is 25.3 Å². The van der Waals surface area contributed by atoms with Gasteiger partial charge in [-0.3, -0.25) is 14.5 Å². The molecule has 4 rings (SSSR count). The molecule has 3 aromatic rings. The second kappa shape index (κ2) is 13.0. The maximum atomic E-state index is 14.1. The van der Waals surface area contributed by atoms with E-state index in [-0.39, 0.29) is 18.4 Å². The number of para-hydroxylation sites is 2. The molecule has 1 N–H and O–H groups in total. The lowest BCUT2D eigenvalue weighted by Gasteiger charge is -2.36. The zero-order chi connectivity index (χ0) is 27.8. The molecular weight excluding hydrogens is 496 g/mol. The summed E-state index contributed by atoms with van der Waals surface area (Å²) in [4.78, 5) is 32.1. The average molecular weight is 537 g/mol. The molecule has 0 radical (unpaired) electrons. The Labute approximate surface area is 230 Å². The van der Waals surface area contributed by atoms with Crippen molar-refractivity contribution in [2.75, 3.05) is 46.0 Å². The quantitative estimate of drug-likeness (QED) is 0.380. The molecule has 1 saturated heterocycles. The zero-order valence-corrected chi connectivity index (χ0v) is 23.4. The molecular formula is C29H40N6O4. The van der Waals surface area contributed by atoms with Crippen molar-refractivity contribution >= 4 is 22.8 Å². The number of benzene rings is 2. The normalized spacial score (nSPS) is 15.2. The van der Waals surface area contributed by atoms with E-state index in [0.717, 1.165) is 25.0 Å². The van der Waals surface area contributed by atoms with Crippen molar-refractivity contribution in [1.82, 2.24) is 30.1 Å². The third-order valence-electron chi connectivity index (χ3n) is 7.21. The predicted molar refractivity (Wildman–Crippen MR) is 149 cm³/mol. The summed E-state index contributed by atoms with van der Waals surface area (Å²) in [5.41, 5.74) is 1.69. The third-order valence-corrected chi connectivity index (χ3v) is 7.21. The van der Waals surface area contributed by atoms with E-state index in [1.54, 1.807) is 9.58 Å². The Morgan fingerprint density at radius 1 is 1.10 bits per heavy atom. The number of hydrogen-bond donors (Lipinski definition) is 1. The first-order valence-corrected chi connectivity index (χ1v) is 13.7. The Kier molecular flexibility index (Phi) is 9.53. The topological polar surface area (TPSA) is 102 Å². The van der Waals surface area contributed by atoms with Gasteiger partial charge in [0.2, 0.25) is 11.8 Å². The first kappa shape index (κ1) is 28.5. The van der Waals surface area contributed by atoms with Gasteiger partial charge in [-0.2, -0.15) is 0 Å². The van der Waals surface area contributed by atoms with Gasteiger partial charge in [-0.25, -0.2) is 4.68 Å². The Morgan fingerprint density at radius 2 is 1.82 bits per heavy atom.